The van der Waals surface area contributed by atoms with Crippen molar-refractivity contribution in [1.82, 2.24) is 4.90 Å². The third-order valence-corrected chi connectivity index (χ3v) is 7.23. The molecule has 1 aliphatic carbocycles. The number of halogens is 7. The van der Waals surface area contributed by atoms with Crippen LogP contribution in [0.4, 0.5) is 30.7 Å². The maximum atomic E-state index is 15.5. The number of nitrogens with zero attached hydrogens (tertiary/aromatic N) is 1. The molecule has 3 atom stereocenters. The summed E-state index contributed by atoms with van der Waals surface area (Å²) in [5, 5.41) is 9.60. The highest BCUT2D eigenvalue weighted by molar-refractivity contribution is 5.57. The van der Waals surface area contributed by atoms with E-state index in [4.69, 9.17) is 4.74 Å². The Kier molecular flexibility index (Phi) is 8.09. The molecule has 0 spiro atoms. The molecule has 38 heavy (non-hydrogen) atoms. The first-order valence-corrected chi connectivity index (χ1v) is 12.3. The fourth-order valence-corrected chi connectivity index (χ4v) is 5.18. The van der Waals surface area contributed by atoms with Gasteiger partial charge in [-0.25, -0.2) is 4.39 Å². The summed E-state index contributed by atoms with van der Waals surface area (Å²) in [6, 6.07) is 8.12. The number of carbonyl (C=O) groups excluding carboxylic acids is 1. The van der Waals surface area contributed by atoms with Crippen LogP contribution >= 0.6 is 0 Å². The molecular weight excluding hydrogens is 519 g/mol. The summed E-state index contributed by atoms with van der Waals surface area (Å²) >= 11 is 0. The predicted molar refractivity (Wildman–Crippen MR) is 124 cm³/mol. The van der Waals surface area contributed by atoms with Crippen molar-refractivity contribution < 1.29 is 45.4 Å². The fraction of sp³-hybridized carbons (Fsp3) is 0.519. The van der Waals surface area contributed by atoms with Crippen molar-refractivity contribution in [2.45, 2.75) is 49.7 Å². The Labute approximate surface area is 215 Å². The second kappa shape index (κ2) is 10.8. The Balaban J connectivity index is 1.43. The van der Waals surface area contributed by atoms with Crippen molar-refractivity contribution in [3.63, 3.8) is 0 Å². The molecule has 1 N–H and O–H groups in total. The van der Waals surface area contributed by atoms with Gasteiger partial charge in [0.1, 0.15) is 18.6 Å². The monoisotopic (exact) mass is 547 g/mol. The van der Waals surface area contributed by atoms with E-state index in [9.17, 15) is 36.2 Å². The van der Waals surface area contributed by atoms with Crippen LogP contribution in [0.1, 0.15) is 47.4 Å². The molecule has 11 heteroatoms. The molecule has 1 heterocycles. The number of carbonyl (C=O) groups is 1. The van der Waals surface area contributed by atoms with Gasteiger partial charge in [0.15, 0.2) is 5.67 Å². The van der Waals surface area contributed by atoms with Crippen molar-refractivity contribution in [2.24, 2.45) is 11.8 Å². The van der Waals surface area contributed by atoms with Crippen molar-refractivity contribution in [1.29, 1.82) is 0 Å². The average molecular weight is 548 g/mol. The first kappa shape index (κ1) is 28.4. The molecule has 1 saturated heterocycles. The normalized spacial score (nSPS) is 22.3. The standard InChI is InChI=1S/C27H28F7NO3/c28-25(16-38-22-3-1-2-18(11-22)24(17-4-5-17)20(13-36)14-37)8-9-35(15-25)12-19-10-21(26(29,30)31)6-7-23(19)27(32,33)34/h1-3,6-7,10-11,13,17,20,24,37H,4-5,8-9,12,14-16H2/t20?,24-,25?/m0/s1. The lowest BCUT2D eigenvalue weighted by molar-refractivity contribution is -0.142. The van der Waals surface area contributed by atoms with Crippen molar-refractivity contribution in [3.8, 4) is 5.75 Å². The summed E-state index contributed by atoms with van der Waals surface area (Å²) in [5.74, 6) is -0.131. The summed E-state index contributed by atoms with van der Waals surface area (Å²) in [6.45, 7) is -1.43. The van der Waals surface area contributed by atoms with Crippen LogP contribution in [0.25, 0.3) is 0 Å². The highest BCUT2D eigenvalue weighted by Crippen LogP contribution is 2.47. The lowest BCUT2D eigenvalue weighted by Gasteiger charge is -2.24. The van der Waals surface area contributed by atoms with Gasteiger partial charge in [-0.15, -0.1) is 0 Å². The van der Waals surface area contributed by atoms with Gasteiger partial charge >= 0.3 is 12.4 Å². The van der Waals surface area contributed by atoms with Gasteiger partial charge in [-0.3, -0.25) is 4.90 Å². The largest absolute Gasteiger partial charge is 0.490 e. The van der Waals surface area contributed by atoms with Crippen LogP contribution in [-0.4, -0.2) is 48.3 Å². The van der Waals surface area contributed by atoms with E-state index in [1.165, 1.54) is 4.90 Å². The first-order valence-electron chi connectivity index (χ1n) is 12.3. The molecule has 2 aliphatic rings. The Morgan fingerprint density at radius 3 is 2.42 bits per heavy atom. The van der Waals surface area contributed by atoms with E-state index in [2.05, 4.69) is 0 Å². The van der Waals surface area contributed by atoms with Gasteiger partial charge in [0.2, 0.25) is 0 Å². The molecular formula is C27H28F7NO3. The summed E-state index contributed by atoms with van der Waals surface area (Å²) in [5.41, 5.74) is -4.07. The minimum atomic E-state index is -4.85. The van der Waals surface area contributed by atoms with E-state index in [1.807, 2.05) is 6.07 Å². The van der Waals surface area contributed by atoms with Crippen LogP contribution in [0.5, 0.6) is 5.75 Å². The maximum Gasteiger partial charge on any atom is 0.416 e. The Morgan fingerprint density at radius 1 is 1.08 bits per heavy atom. The van der Waals surface area contributed by atoms with Gasteiger partial charge in [0.25, 0.3) is 0 Å². The number of ether oxygens (including phenoxy) is 1. The van der Waals surface area contributed by atoms with Crippen LogP contribution in [0.3, 0.4) is 0 Å². The second-order valence-electron chi connectivity index (χ2n) is 10.2. The average Bonchev–Trinajstić information content (AvgIpc) is 3.62. The third-order valence-electron chi connectivity index (χ3n) is 7.23. The molecule has 0 amide bonds. The highest BCUT2D eigenvalue weighted by Gasteiger charge is 2.42. The van der Waals surface area contributed by atoms with Crippen LogP contribution in [0.2, 0.25) is 0 Å². The molecule has 0 aromatic heterocycles. The van der Waals surface area contributed by atoms with E-state index in [-0.39, 0.29) is 38.0 Å². The summed E-state index contributed by atoms with van der Waals surface area (Å²) in [4.78, 5) is 12.8. The number of benzene rings is 2. The van der Waals surface area contributed by atoms with E-state index in [0.29, 0.717) is 23.9 Å². The van der Waals surface area contributed by atoms with Gasteiger partial charge in [-0.1, -0.05) is 12.1 Å². The smallest absolute Gasteiger partial charge is 0.416 e. The van der Waals surface area contributed by atoms with Crippen molar-refractivity contribution in [2.75, 3.05) is 26.3 Å². The number of hydrogen-bond donors (Lipinski definition) is 1. The maximum absolute atomic E-state index is 15.5. The zero-order chi connectivity index (χ0) is 27.7. The van der Waals surface area contributed by atoms with Crippen LogP contribution < -0.4 is 4.74 Å². The van der Waals surface area contributed by atoms with E-state index >= 15 is 4.39 Å². The molecule has 208 valence electrons. The topological polar surface area (TPSA) is 49.8 Å². The molecule has 0 radical (unpaired) electrons. The van der Waals surface area contributed by atoms with E-state index in [0.717, 1.165) is 24.7 Å². The van der Waals surface area contributed by atoms with Gasteiger partial charge < -0.3 is 14.6 Å². The fourth-order valence-electron chi connectivity index (χ4n) is 5.18. The van der Waals surface area contributed by atoms with Gasteiger partial charge in [-0.2, -0.15) is 26.3 Å². The molecule has 1 aliphatic heterocycles. The molecule has 2 unspecified atom stereocenters. The summed E-state index contributed by atoms with van der Waals surface area (Å²) < 4.78 is 101. The number of aliphatic hydroxyl groups excluding tert-OH is 1. The van der Waals surface area contributed by atoms with E-state index in [1.54, 1.807) is 18.2 Å². The van der Waals surface area contributed by atoms with Crippen LogP contribution in [0, 0.1) is 11.8 Å². The zero-order valence-corrected chi connectivity index (χ0v) is 20.4. The Hall–Kier alpha value is -2.66. The van der Waals surface area contributed by atoms with Gasteiger partial charge in [0.05, 0.1) is 17.7 Å². The molecule has 0 bridgehead atoms. The molecule has 2 aromatic rings. The minimum absolute atomic E-state index is 0.0503. The SMILES string of the molecule is O=CC(CO)[C@H](c1cccc(OCC2(F)CCN(Cc3cc(C(F)(F)F)ccc3C(F)(F)F)C2)c1)C1CC1. The van der Waals surface area contributed by atoms with E-state index < -0.39 is 53.8 Å². The highest BCUT2D eigenvalue weighted by atomic mass is 19.4. The van der Waals surface area contributed by atoms with Gasteiger partial charge in [-0.05, 0) is 72.6 Å². The number of rotatable bonds is 10. The first-order chi connectivity index (χ1) is 17.8. The van der Waals surface area contributed by atoms with Crippen LogP contribution in [-0.2, 0) is 23.7 Å². The number of aliphatic hydroxyl groups is 1. The molecule has 2 aromatic carbocycles. The molecule has 4 nitrogen and oxygen atoms in total. The number of alkyl halides is 7. The molecule has 4 rings (SSSR count). The van der Waals surface area contributed by atoms with Gasteiger partial charge in [0, 0.05) is 25.6 Å². The number of hydrogen-bond acceptors (Lipinski definition) is 4. The number of likely N-dealkylation sites (tertiary alicyclic amines) is 1. The quantitative estimate of drug-likeness (QED) is 0.292. The van der Waals surface area contributed by atoms with Crippen molar-refractivity contribution in [3.05, 3.63) is 64.7 Å². The summed E-state index contributed by atoms with van der Waals surface area (Å²) in [6.07, 6.45) is -7.12. The molecule has 2 fully saturated rings. The predicted octanol–water partition coefficient (Wildman–Crippen LogP) is 6.02. The second-order valence-corrected chi connectivity index (χ2v) is 10.2. The Morgan fingerprint density at radius 2 is 1.82 bits per heavy atom. The summed E-state index contributed by atoms with van der Waals surface area (Å²) in [7, 11) is 0. The zero-order valence-electron chi connectivity index (χ0n) is 20.4. The molecule has 1 saturated carbocycles. The Bertz CT molecular complexity index is 1130. The lowest BCUT2D eigenvalue weighted by Crippen LogP contribution is -2.35. The lowest BCUT2D eigenvalue weighted by atomic mass is 9.83. The number of aldehydes is 1. The van der Waals surface area contributed by atoms with Crippen molar-refractivity contribution >= 4 is 6.29 Å². The third kappa shape index (κ3) is 6.66. The minimum Gasteiger partial charge on any atom is -0.490 e. The van der Waals surface area contributed by atoms with Crippen LogP contribution in [0.15, 0.2) is 42.5 Å².